The second kappa shape index (κ2) is 4.94. The molecule has 1 unspecified atom stereocenters. The third kappa shape index (κ3) is 2.36. The van der Waals surface area contributed by atoms with Gasteiger partial charge in [-0.1, -0.05) is 12.1 Å². The summed E-state index contributed by atoms with van der Waals surface area (Å²) in [6, 6.07) is 6.23. The first-order valence-electron chi connectivity index (χ1n) is 5.44. The molecule has 0 bridgehead atoms. The normalized spacial score (nSPS) is 12.1. The van der Waals surface area contributed by atoms with Crippen molar-refractivity contribution in [2.75, 3.05) is 0 Å². The minimum Gasteiger partial charge on any atom is -0.321 e. The Balaban J connectivity index is 2.26. The first-order valence-corrected chi connectivity index (χ1v) is 5.44. The Kier molecular flexibility index (Phi) is 3.35. The molecule has 0 saturated heterocycles. The van der Waals surface area contributed by atoms with E-state index in [1.807, 2.05) is 0 Å². The van der Waals surface area contributed by atoms with Crippen molar-refractivity contribution in [3.63, 3.8) is 0 Å². The van der Waals surface area contributed by atoms with Crippen LogP contribution in [-0.2, 0) is 6.54 Å². The minimum atomic E-state index is -0.516. The Morgan fingerprint density at radius 3 is 2.94 bits per heavy atom. The molecule has 1 aromatic heterocycles. The highest BCUT2D eigenvalue weighted by atomic mass is 19.1. The summed E-state index contributed by atoms with van der Waals surface area (Å²) < 4.78 is 15.3. The Morgan fingerprint density at radius 1 is 1.56 bits per heavy atom. The largest absolute Gasteiger partial charge is 0.321 e. The van der Waals surface area contributed by atoms with Crippen LogP contribution in [0.2, 0.25) is 0 Å². The highest BCUT2D eigenvalue weighted by Gasteiger charge is 2.10. The molecule has 0 aliphatic carbocycles. The molecular formula is C12H12FN5. The van der Waals surface area contributed by atoms with Gasteiger partial charge in [0.1, 0.15) is 18.2 Å². The van der Waals surface area contributed by atoms with Crippen molar-refractivity contribution in [2.45, 2.75) is 19.5 Å². The summed E-state index contributed by atoms with van der Waals surface area (Å²) in [5.74, 6) is -0.00954. The van der Waals surface area contributed by atoms with E-state index in [-0.39, 0.29) is 18.2 Å². The Labute approximate surface area is 104 Å². The van der Waals surface area contributed by atoms with E-state index in [1.54, 1.807) is 25.1 Å². The average Bonchev–Trinajstić information content (AvgIpc) is 2.80. The number of halogens is 1. The monoisotopic (exact) mass is 245 g/mol. The Bertz CT molecular complexity index is 597. The van der Waals surface area contributed by atoms with Crippen LogP contribution < -0.4 is 5.73 Å². The summed E-state index contributed by atoms with van der Waals surface area (Å²) >= 11 is 0. The van der Waals surface area contributed by atoms with E-state index in [1.165, 1.54) is 17.1 Å². The summed E-state index contributed by atoms with van der Waals surface area (Å²) in [5, 5.41) is 12.9. The molecule has 6 heteroatoms. The van der Waals surface area contributed by atoms with Gasteiger partial charge in [0.25, 0.3) is 0 Å². The molecule has 1 atom stereocenters. The summed E-state index contributed by atoms with van der Waals surface area (Å²) in [6.07, 6.45) is 1.50. The Hall–Kier alpha value is -2.26. The fourth-order valence-electron chi connectivity index (χ4n) is 1.56. The molecule has 0 saturated carbocycles. The van der Waals surface area contributed by atoms with E-state index in [0.29, 0.717) is 11.4 Å². The van der Waals surface area contributed by atoms with Crippen LogP contribution in [0, 0.1) is 17.1 Å². The molecule has 0 amide bonds. The van der Waals surface area contributed by atoms with Crippen molar-refractivity contribution in [3.8, 4) is 6.07 Å². The maximum absolute atomic E-state index is 13.8. The van der Waals surface area contributed by atoms with Gasteiger partial charge in [0.05, 0.1) is 18.2 Å². The average molecular weight is 245 g/mol. The molecule has 2 aromatic rings. The van der Waals surface area contributed by atoms with Gasteiger partial charge < -0.3 is 5.73 Å². The highest BCUT2D eigenvalue weighted by Crippen LogP contribution is 2.13. The van der Waals surface area contributed by atoms with E-state index in [4.69, 9.17) is 11.0 Å². The number of nitriles is 1. The molecule has 2 N–H and O–H groups in total. The Morgan fingerprint density at radius 2 is 2.33 bits per heavy atom. The number of rotatable bonds is 3. The van der Waals surface area contributed by atoms with Gasteiger partial charge in [-0.2, -0.15) is 10.4 Å². The van der Waals surface area contributed by atoms with Gasteiger partial charge in [-0.3, -0.25) is 0 Å². The zero-order valence-corrected chi connectivity index (χ0v) is 9.84. The van der Waals surface area contributed by atoms with E-state index in [2.05, 4.69) is 10.1 Å². The predicted octanol–water partition coefficient (Wildman–Crippen LogP) is 1.36. The van der Waals surface area contributed by atoms with Crippen LogP contribution >= 0.6 is 0 Å². The lowest BCUT2D eigenvalue weighted by molar-refractivity contribution is 0.577. The van der Waals surface area contributed by atoms with Crippen LogP contribution in [0.1, 0.15) is 29.9 Å². The molecule has 0 fully saturated rings. The molecule has 0 spiro atoms. The number of hydrogen-bond donors (Lipinski definition) is 1. The summed E-state index contributed by atoms with van der Waals surface area (Å²) in [4.78, 5) is 4.02. The van der Waals surface area contributed by atoms with Crippen LogP contribution in [-0.4, -0.2) is 14.8 Å². The smallest absolute Gasteiger partial charge is 0.166 e. The molecule has 5 nitrogen and oxygen atoms in total. The van der Waals surface area contributed by atoms with Gasteiger partial charge in [-0.25, -0.2) is 14.1 Å². The zero-order chi connectivity index (χ0) is 13.1. The van der Waals surface area contributed by atoms with Crippen molar-refractivity contribution in [1.29, 1.82) is 5.26 Å². The van der Waals surface area contributed by atoms with Gasteiger partial charge in [-0.05, 0) is 13.0 Å². The highest BCUT2D eigenvalue weighted by molar-refractivity contribution is 5.34. The zero-order valence-electron chi connectivity index (χ0n) is 9.84. The van der Waals surface area contributed by atoms with E-state index >= 15 is 0 Å². The summed E-state index contributed by atoms with van der Waals surface area (Å²) in [6.45, 7) is 2.00. The molecule has 92 valence electrons. The van der Waals surface area contributed by atoms with E-state index in [9.17, 15) is 4.39 Å². The van der Waals surface area contributed by atoms with Crippen molar-refractivity contribution in [2.24, 2.45) is 5.73 Å². The second-order valence-electron chi connectivity index (χ2n) is 3.98. The number of nitrogens with two attached hydrogens (primary N) is 1. The summed E-state index contributed by atoms with van der Waals surface area (Å²) in [7, 11) is 0. The maximum atomic E-state index is 13.8. The van der Waals surface area contributed by atoms with E-state index < -0.39 is 5.82 Å². The lowest BCUT2D eigenvalue weighted by Gasteiger charge is -2.04. The first kappa shape index (κ1) is 12.2. The van der Waals surface area contributed by atoms with Gasteiger partial charge in [0, 0.05) is 5.56 Å². The minimum absolute atomic E-state index is 0.0278. The van der Waals surface area contributed by atoms with Gasteiger partial charge >= 0.3 is 0 Å². The maximum Gasteiger partial charge on any atom is 0.166 e. The van der Waals surface area contributed by atoms with Crippen molar-refractivity contribution < 1.29 is 4.39 Å². The second-order valence-corrected chi connectivity index (χ2v) is 3.98. The summed E-state index contributed by atoms with van der Waals surface area (Å²) in [5.41, 5.74) is 6.07. The van der Waals surface area contributed by atoms with Crippen molar-refractivity contribution >= 4 is 0 Å². The topological polar surface area (TPSA) is 80.5 Å². The lowest BCUT2D eigenvalue weighted by Crippen LogP contribution is -2.09. The first-order chi connectivity index (χ1) is 8.61. The molecule has 0 aliphatic heterocycles. The van der Waals surface area contributed by atoms with Crippen LogP contribution in [0.5, 0.6) is 0 Å². The quantitative estimate of drug-likeness (QED) is 0.885. The molecule has 0 aliphatic rings. The van der Waals surface area contributed by atoms with Crippen molar-refractivity contribution in [3.05, 3.63) is 47.3 Å². The number of nitrogens with zero attached hydrogens (tertiary/aromatic N) is 4. The van der Waals surface area contributed by atoms with Crippen LogP contribution in [0.3, 0.4) is 0 Å². The third-order valence-corrected chi connectivity index (χ3v) is 2.49. The fraction of sp³-hybridized carbons (Fsp3) is 0.250. The standard InChI is InChI=1S/C12H12FN5/c1-8(15)12-16-7-18(17-12)6-10-4-2-3-9(5-14)11(10)13/h2-4,7-8H,6,15H2,1H3. The fourth-order valence-corrected chi connectivity index (χ4v) is 1.56. The SMILES string of the molecule is CC(N)c1ncn(Cc2cccc(C#N)c2F)n1. The molecule has 18 heavy (non-hydrogen) atoms. The predicted molar refractivity (Wildman–Crippen MR) is 62.8 cm³/mol. The van der Waals surface area contributed by atoms with Crippen molar-refractivity contribution in [1.82, 2.24) is 14.8 Å². The number of benzene rings is 1. The molecule has 0 radical (unpaired) electrons. The van der Waals surface area contributed by atoms with E-state index in [0.717, 1.165) is 0 Å². The molecular weight excluding hydrogens is 233 g/mol. The lowest BCUT2D eigenvalue weighted by atomic mass is 10.1. The molecule has 2 rings (SSSR count). The third-order valence-electron chi connectivity index (χ3n) is 2.49. The molecule has 1 aromatic carbocycles. The van der Waals surface area contributed by atoms with Crippen LogP contribution in [0.4, 0.5) is 4.39 Å². The van der Waals surface area contributed by atoms with Crippen LogP contribution in [0.25, 0.3) is 0 Å². The van der Waals surface area contributed by atoms with Gasteiger partial charge in [0.2, 0.25) is 0 Å². The van der Waals surface area contributed by atoms with Gasteiger partial charge in [-0.15, -0.1) is 0 Å². The number of aromatic nitrogens is 3. The molecule has 1 heterocycles. The van der Waals surface area contributed by atoms with Gasteiger partial charge in [0.15, 0.2) is 5.82 Å². The number of hydrogen-bond acceptors (Lipinski definition) is 4. The van der Waals surface area contributed by atoms with Crippen LogP contribution in [0.15, 0.2) is 24.5 Å².